The van der Waals surface area contributed by atoms with Crippen molar-refractivity contribution in [2.45, 2.75) is 20.4 Å². The van der Waals surface area contributed by atoms with Gasteiger partial charge in [0.1, 0.15) is 17.4 Å². The van der Waals surface area contributed by atoms with E-state index in [4.69, 9.17) is 10.5 Å². The summed E-state index contributed by atoms with van der Waals surface area (Å²) in [5, 5.41) is 3.27. The van der Waals surface area contributed by atoms with Crippen molar-refractivity contribution in [1.82, 2.24) is 9.97 Å². The third kappa shape index (κ3) is 3.13. The summed E-state index contributed by atoms with van der Waals surface area (Å²) in [7, 11) is 1.66. The van der Waals surface area contributed by atoms with Crippen molar-refractivity contribution < 1.29 is 4.74 Å². The van der Waals surface area contributed by atoms with Gasteiger partial charge in [-0.05, 0) is 43.2 Å². The molecule has 0 spiro atoms. The number of nitrogens with two attached hydrogens (primary N) is 1. The van der Waals surface area contributed by atoms with Crippen molar-refractivity contribution in [3.63, 3.8) is 0 Å². The number of aromatic nitrogens is 2. The molecular formula is C14H18N4O. The first kappa shape index (κ1) is 13.1. The van der Waals surface area contributed by atoms with Crippen molar-refractivity contribution in [3.8, 4) is 5.75 Å². The van der Waals surface area contributed by atoms with Crippen molar-refractivity contribution >= 4 is 11.5 Å². The molecule has 1 aromatic heterocycles. The standard InChI is InChI=1S/C14H18N4O/c1-9-6-11(12(19-3)7-10(9)2)17-8-14-16-5-4-13(15)18-14/h4-7,17H,8H2,1-3H3,(H2,15,16,18). The lowest BCUT2D eigenvalue weighted by atomic mass is 10.1. The number of anilines is 2. The van der Waals surface area contributed by atoms with Crippen LogP contribution in [0.4, 0.5) is 11.5 Å². The van der Waals surface area contributed by atoms with Gasteiger partial charge in [0, 0.05) is 6.20 Å². The smallest absolute Gasteiger partial charge is 0.149 e. The minimum Gasteiger partial charge on any atom is -0.495 e. The van der Waals surface area contributed by atoms with Crippen LogP contribution in [0.3, 0.4) is 0 Å². The average molecular weight is 258 g/mol. The Hall–Kier alpha value is -2.30. The number of nitrogen functional groups attached to an aromatic ring is 1. The van der Waals surface area contributed by atoms with E-state index < -0.39 is 0 Å². The molecule has 0 unspecified atom stereocenters. The van der Waals surface area contributed by atoms with Crippen LogP contribution in [0.1, 0.15) is 17.0 Å². The van der Waals surface area contributed by atoms with Crippen LogP contribution >= 0.6 is 0 Å². The normalized spacial score (nSPS) is 10.3. The highest BCUT2D eigenvalue weighted by molar-refractivity contribution is 5.60. The molecular weight excluding hydrogens is 240 g/mol. The number of methoxy groups -OCH3 is 1. The Balaban J connectivity index is 2.17. The highest BCUT2D eigenvalue weighted by Crippen LogP contribution is 2.28. The SMILES string of the molecule is COc1cc(C)c(C)cc1NCc1nccc(N)n1. The van der Waals surface area contributed by atoms with Crippen LogP contribution in [0, 0.1) is 13.8 Å². The summed E-state index contributed by atoms with van der Waals surface area (Å²) in [6.07, 6.45) is 1.65. The summed E-state index contributed by atoms with van der Waals surface area (Å²) in [6.45, 7) is 4.63. The van der Waals surface area contributed by atoms with E-state index in [0.717, 1.165) is 11.4 Å². The lowest BCUT2D eigenvalue weighted by molar-refractivity contribution is 0.416. The van der Waals surface area contributed by atoms with E-state index in [0.29, 0.717) is 18.2 Å². The maximum absolute atomic E-state index is 5.62. The third-order valence-corrected chi connectivity index (χ3v) is 2.98. The Morgan fingerprint density at radius 3 is 2.68 bits per heavy atom. The molecule has 0 saturated heterocycles. The maximum Gasteiger partial charge on any atom is 0.149 e. The van der Waals surface area contributed by atoms with Gasteiger partial charge in [-0.3, -0.25) is 0 Å². The number of nitrogens with one attached hydrogen (secondary N) is 1. The minimum absolute atomic E-state index is 0.471. The molecule has 2 aromatic rings. The first-order valence-electron chi connectivity index (χ1n) is 6.06. The molecule has 1 aromatic carbocycles. The largest absolute Gasteiger partial charge is 0.495 e. The second kappa shape index (κ2) is 5.56. The molecule has 0 atom stereocenters. The fraction of sp³-hybridized carbons (Fsp3) is 0.286. The maximum atomic E-state index is 5.62. The van der Waals surface area contributed by atoms with E-state index in [2.05, 4.69) is 35.2 Å². The lowest BCUT2D eigenvalue weighted by Gasteiger charge is -2.13. The molecule has 0 bridgehead atoms. The zero-order valence-electron chi connectivity index (χ0n) is 11.4. The zero-order chi connectivity index (χ0) is 13.8. The van der Waals surface area contributed by atoms with E-state index in [1.165, 1.54) is 11.1 Å². The number of hydrogen-bond donors (Lipinski definition) is 2. The summed E-state index contributed by atoms with van der Waals surface area (Å²) in [4.78, 5) is 8.30. The molecule has 100 valence electrons. The number of aryl methyl sites for hydroxylation is 2. The third-order valence-electron chi connectivity index (χ3n) is 2.98. The highest BCUT2D eigenvalue weighted by atomic mass is 16.5. The van der Waals surface area contributed by atoms with E-state index >= 15 is 0 Å². The summed E-state index contributed by atoms with van der Waals surface area (Å²) in [6, 6.07) is 5.73. The van der Waals surface area contributed by atoms with Gasteiger partial charge in [0.2, 0.25) is 0 Å². The van der Waals surface area contributed by atoms with Gasteiger partial charge in [0.05, 0.1) is 19.3 Å². The quantitative estimate of drug-likeness (QED) is 0.880. The topological polar surface area (TPSA) is 73.1 Å². The van der Waals surface area contributed by atoms with E-state index in [1.54, 1.807) is 19.4 Å². The van der Waals surface area contributed by atoms with Crippen LogP contribution in [-0.2, 0) is 6.54 Å². The Bertz CT molecular complexity index is 584. The van der Waals surface area contributed by atoms with Gasteiger partial charge in [-0.25, -0.2) is 9.97 Å². The second-order valence-corrected chi connectivity index (χ2v) is 4.39. The van der Waals surface area contributed by atoms with Gasteiger partial charge in [0.25, 0.3) is 0 Å². The van der Waals surface area contributed by atoms with Crippen LogP contribution in [0.25, 0.3) is 0 Å². The van der Waals surface area contributed by atoms with Crippen molar-refractivity contribution in [1.29, 1.82) is 0 Å². The highest BCUT2D eigenvalue weighted by Gasteiger charge is 2.06. The van der Waals surface area contributed by atoms with Gasteiger partial charge in [-0.2, -0.15) is 0 Å². The predicted octanol–water partition coefficient (Wildman–Crippen LogP) is 2.30. The molecule has 2 rings (SSSR count). The monoisotopic (exact) mass is 258 g/mol. The van der Waals surface area contributed by atoms with Crippen LogP contribution in [-0.4, -0.2) is 17.1 Å². The van der Waals surface area contributed by atoms with Crippen molar-refractivity contribution in [2.75, 3.05) is 18.2 Å². The van der Waals surface area contributed by atoms with Gasteiger partial charge in [0.15, 0.2) is 0 Å². The summed E-state index contributed by atoms with van der Waals surface area (Å²) < 4.78 is 5.37. The molecule has 0 amide bonds. The van der Waals surface area contributed by atoms with Crippen LogP contribution < -0.4 is 15.8 Å². The average Bonchev–Trinajstić information content (AvgIpc) is 2.39. The first-order valence-corrected chi connectivity index (χ1v) is 6.06. The van der Waals surface area contributed by atoms with Crippen molar-refractivity contribution in [3.05, 3.63) is 41.3 Å². The van der Waals surface area contributed by atoms with Crippen LogP contribution in [0.5, 0.6) is 5.75 Å². The minimum atomic E-state index is 0.471. The molecule has 19 heavy (non-hydrogen) atoms. The molecule has 0 fully saturated rings. The van der Waals surface area contributed by atoms with E-state index in [-0.39, 0.29) is 0 Å². The second-order valence-electron chi connectivity index (χ2n) is 4.39. The summed E-state index contributed by atoms with van der Waals surface area (Å²) in [5.41, 5.74) is 8.95. The molecule has 3 N–H and O–H groups in total. The molecule has 5 heteroatoms. The van der Waals surface area contributed by atoms with Gasteiger partial charge < -0.3 is 15.8 Å². The summed E-state index contributed by atoms with van der Waals surface area (Å²) >= 11 is 0. The Morgan fingerprint density at radius 1 is 1.26 bits per heavy atom. The summed E-state index contributed by atoms with van der Waals surface area (Å²) in [5.74, 6) is 1.94. The number of hydrogen-bond acceptors (Lipinski definition) is 5. The molecule has 0 aliphatic carbocycles. The van der Waals surface area contributed by atoms with Gasteiger partial charge in [-0.15, -0.1) is 0 Å². The number of ether oxygens (including phenoxy) is 1. The molecule has 0 radical (unpaired) electrons. The lowest BCUT2D eigenvalue weighted by Crippen LogP contribution is -2.07. The predicted molar refractivity (Wildman–Crippen MR) is 76.2 cm³/mol. The Kier molecular flexibility index (Phi) is 3.85. The van der Waals surface area contributed by atoms with Gasteiger partial charge >= 0.3 is 0 Å². The molecule has 5 nitrogen and oxygen atoms in total. The fourth-order valence-corrected chi connectivity index (χ4v) is 1.77. The van der Waals surface area contributed by atoms with E-state index in [1.807, 2.05) is 6.07 Å². The molecule has 0 aliphatic rings. The molecule has 1 heterocycles. The number of nitrogens with zero attached hydrogens (tertiary/aromatic N) is 2. The fourth-order valence-electron chi connectivity index (χ4n) is 1.77. The zero-order valence-corrected chi connectivity index (χ0v) is 11.4. The molecule has 0 aliphatic heterocycles. The van der Waals surface area contributed by atoms with E-state index in [9.17, 15) is 0 Å². The number of benzene rings is 1. The van der Waals surface area contributed by atoms with Crippen LogP contribution in [0.15, 0.2) is 24.4 Å². The number of rotatable bonds is 4. The first-order chi connectivity index (χ1) is 9.10. The van der Waals surface area contributed by atoms with Crippen LogP contribution in [0.2, 0.25) is 0 Å². The Morgan fingerprint density at radius 2 is 2.00 bits per heavy atom. The Labute approximate surface area is 112 Å². The molecule has 0 saturated carbocycles. The van der Waals surface area contributed by atoms with Gasteiger partial charge in [-0.1, -0.05) is 0 Å². The van der Waals surface area contributed by atoms with Crippen molar-refractivity contribution in [2.24, 2.45) is 0 Å².